The summed E-state index contributed by atoms with van der Waals surface area (Å²) < 4.78 is 51.9. The number of halogens is 2. The van der Waals surface area contributed by atoms with Gasteiger partial charge in [-0.3, -0.25) is 9.69 Å². The summed E-state index contributed by atoms with van der Waals surface area (Å²) in [6.45, 7) is 1.46. The molecule has 1 N–H and O–H groups in total. The lowest BCUT2D eigenvalue weighted by Crippen LogP contribution is -2.53. The van der Waals surface area contributed by atoms with Crippen LogP contribution in [0.25, 0.3) is 11.0 Å². The predicted octanol–water partition coefficient (Wildman–Crippen LogP) is 2.12. The molecule has 1 aromatic carbocycles. The SMILES string of the molecule is O=C(Cn1c(SC(F)F)nc2ccccc21)N[C@@H]1CS(=O)(=O)C[C@@H]1N1CCCCC1. The van der Waals surface area contributed by atoms with Crippen molar-refractivity contribution >= 4 is 38.5 Å². The van der Waals surface area contributed by atoms with E-state index in [1.807, 2.05) is 0 Å². The van der Waals surface area contributed by atoms with Gasteiger partial charge in [0, 0.05) is 6.04 Å². The summed E-state index contributed by atoms with van der Waals surface area (Å²) in [5.41, 5.74) is 1.12. The lowest BCUT2D eigenvalue weighted by atomic mass is 10.0. The second kappa shape index (κ2) is 8.80. The molecule has 2 aromatic rings. The Labute approximate surface area is 178 Å². The lowest BCUT2D eigenvalue weighted by molar-refractivity contribution is -0.122. The van der Waals surface area contributed by atoms with E-state index in [-0.39, 0.29) is 29.2 Å². The largest absolute Gasteiger partial charge is 0.349 e. The summed E-state index contributed by atoms with van der Waals surface area (Å²) in [5, 5.41) is 2.92. The quantitative estimate of drug-likeness (QED) is 0.668. The molecular weight excluding hydrogens is 434 g/mol. The molecular formula is C19H24F2N4O3S2. The molecule has 11 heteroatoms. The molecule has 2 atom stereocenters. The number of para-hydroxylation sites is 2. The monoisotopic (exact) mass is 458 g/mol. The highest BCUT2D eigenvalue weighted by Gasteiger charge is 2.42. The molecule has 4 rings (SSSR count). The van der Waals surface area contributed by atoms with Gasteiger partial charge in [0.2, 0.25) is 5.91 Å². The van der Waals surface area contributed by atoms with Gasteiger partial charge in [-0.2, -0.15) is 8.78 Å². The van der Waals surface area contributed by atoms with Gasteiger partial charge in [-0.15, -0.1) is 0 Å². The fraction of sp³-hybridized carbons (Fsp3) is 0.579. The minimum atomic E-state index is -3.24. The average molecular weight is 459 g/mol. The molecule has 7 nitrogen and oxygen atoms in total. The average Bonchev–Trinajstić information content (AvgIpc) is 3.18. The number of nitrogens with zero attached hydrogens (tertiary/aromatic N) is 3. The molecule has 30 heavy (non-hydrogen) atoms. The van der Waals surface area contributed by atoms with Gasteiger partial charge in [0.1, 0.15) is 6.54 Å². The molecule has 3 heterocycles. The predicted molar refractivity (Wildman–Crippen MR) is 111 cm³/mol. The van der Waals surface area contributed by atoms with Crippen molar-refractivity contribution in [3.8, 4) is 0 Å². The lowest BCUT2D eigenvalue weighted by Gasteiger charge is -2.35. The Balaban J connectivity index is 1.52. The Kier molecular flexibility index (Phi) is 6.31. The fourth-order valence-electron chi connectivity index (χ4n) is 4.35. The number of thioether (sulfide) groups is 1. The molecule has 0 saturated carbocycles. The Morgan fingerprint density at radius 1 is 1.20 bits per heavy atom. The van der Waals surface area contributed by atoms with Crippen molar-refractivity contribution in [2.45, 2.75) is 48.8 Å². The summed E-state index contributed by atoms with van der Waals surface area (Å²) in [6.07, 6.45) is 3.17. The number of nitrogens with one attached hydrogen (secondary N) is 1. The first kappa shape index (κ1) is 21.5. The van der Waals surface area contributed by atoms with Crippen molar-refractivity contribution in [3.63, 3.8) is 0 Å². The molecule has 2 saturated heterocycles. The number of hydrogen-bond donors (Lipinski definition) is 1. The minimum Gasteiger partial charge on any atom is -0.349 e. The number of alkyl halides is 2. The number of sulfone groups is 1. The molecule has 164 valence electrons. The fourth-order valence-corrected chi connectivity index (χ4v) is 6.90. The van der Waals surface area contributed by atoms with E-state index in [9.17, 15) is 22.0 Å². The third-order valence-electron chi connectivity index (χ3n) is 5.64. The maximum Gasteiger partial charge on any atom is 0.291 e. The van der Waals surface area contributed by atoms with Crippen LogP contribution in [0.5, 0.6) is 0 Å². The highest BCUT2D eigenvalue weighted by molar-refractivity contribution is 7.99. The van der Waals surface area contributed by atoms with Gasteiger partial charge in [-0.05, 0) is 49.8 Å². The standard InChI is InChI=1S/C19H24F2N4O3S2/c20-18(21)29-19-23-13-6-2-3-7-15(13)25(19)10-17(26)22-14-11-30(27,28)12-16(14)24-8-4-1-5-9-24/h2-3,6-7,14,16,18H,1,4-5,8-12H2,(H,22,26)/t14-,16+/m1/s1. The van der Waals surface area contributed by atoms with Gasteiger partial charge in [0.25, 0.3) is 5.76 Å². The van der Waals surface area contributed by atoms with Crippen LogP contribution in [0, 0.1) is 0 Å². The molecule has 0 radical (unpaired) electrons. The molecule has 0 bridgehead atoms. The summed E-state index contributed by atoms with van der Waals surface area (Å²) >= 11 is 0.293. The first-order valence-electron chi connectivity index (χ1n) is 9.96. The highest BCUT2D eigenvalue weighted by atomic mass is 32.2. The first-order chi connectivity index (χ1) is 14.3. The number of benzene rings is 1. The van der Waals surface area contributed by atoms with Gasteiger partial charge in [0.05, 0.1) is 28.6 Å². The number of hydrogen-bond acceptors (Lipinski definition) is 6. The number of carbonyl (C=O) groups is 1. The summed E-state index contributed by atoms with van der Waals surface area (Å²) in [6, 6.07) is 6.20. The van der Waals surface area contributed by atoms with Crippen LogP contribution in [0.2, 0.25) is 0 Å². The molecule has 2 aliphatic rings. The molecule has 0 unspecified atom stereocenters. The van der Waals surface area contributed by atoms with Crippen molar-refractivity contribution in [2.75, 3.05) is 24.6 Å². The third kappa shape index (κ3) is 4.78. The number of carbonyl (C=O) groups excluding carboxylic acids is 1. The summed E-state index contributed by atoms with van der Waals surface area (Å²) in [7, 11) is -3.24. The Hall–Kier alpha value is -1.72. The molecule has 2 fully saturated rings. The van der Waals surface area contributed by atoms with Crippen LogP contribution >= 0.6 is 11.8 Å². The van der Waals surface area contributed by atoms with Gasteiger partial charge in [-0.25, -0.2) is 13.4 Å². The zero-order chi connectivity index (χ0) is 21.3. The normalized spacial score (nSPS) is 24.5. The second-order valence-corrected chi connectivity index (χ2v) is 10.9. The zero-order valence-electron chi connectivity index (χ0n) is 16.3. The van der Waals surface area contributed by atoms with Crippen LogP contribution in [-0.2, 0) is 21.2 Å². The summed E-state index contributed by atoms with van der Waals surface area (Å²) in [4.78, 5) is 19.2. The van der Waals surface area contributed by atoms with Gasteiger partial charge in [0.15, 0.2) is 15.0 Å². The van der Waals surface area contributed by atoms with E-state index in [4.69, 9.17) is 0 Å². The van der Waals surface area contributed by atoms with Gasteiger partial charge < -0.3 is 9.88 Å². The van der Waals surface area contributed by atoms with Crippen LogP contribution < -0.4 is 5.32 Å². The molecule has 2 aliphatic heterocycles. The number of piperidine rings is 1. The van der Waals surface area contributed by atoms with Gasteiger partial charge in [-0.1, -0.05) is 18.6 Å². The number of imidazole rings is 1. The van der Waals surface area contributed by atoms with Crippen LogP contribution in [-0.4, -0.2) is 71.2 Å². The maximum atomic E-state index is 13.0. The van der Waals surface area contributed by atoms with E-state index in [2.05, 4.69) is 15.2 Å². The van der Waals surface area contributed by atoms with E-state index in [0.29, 0.717) is 22.8 Å². The number of fused-ring (bicyclic) bond motifs is 1. The van der Waals surface area contributed by atoms with E-state index < -0.39 is 27.5 Å². The van der Waals surface area contributed by atoms with Crippen LogP contribution in [0.1, 0.15) is 19.3 Å². The second-order valence-electron chi connectivity index (χ2n) is 7.76. The topological polar surface area (TPSA) is 84.3 Å². The first-order valence-corrected chi connectivity index (χ1v) is 12.7. The van der Waals surface area contributed by atoms with Crippen molar-refractivity contribution in [1.82, 2.24) is 19.8 Å². The minimum absolute atomic E-state index is 0.0401. The van der Waals surface area contributed by atoms with E-state index in [0.717, 1.165) is 32.4 Å². The molecule has 0 aliphatic carbocycles. The Morgan fingerprint density at radius 2 is 1.93 bits per heavy atom. The molecule has 1 amide bonds. The highest BCUT2D eigenvalue weighted by Crippen LogP contribution is 2.28. The van der Waals surface area contributed by atoms with E-state index in [1.165, 1.54) is 4.57 Å². The van der Waals surface area contributed by atoms with Crippen molar-refractivity contribution in [1.29, 1.82) is 0 Å². The van der Waals surface area contributed by atoms with Crippen molar-refractivity contribution in [3.05, 3.63) is 24.3 Å². The molecule has 0 spiro atoms. The van der Waals surface area contributed by atoms with E-state index >= 15 is 0 Å². The number of aromatic nitrogens is 2. The van der Waals surface area contributed by atoms with E-state index in [1.54, 1.807) is 24.3 Å². The summed E-state index contributed by atoms with van der Waals surface area (Å²) in [5.74, 6) is -3.12. The Bertz CT molecular complexity index is 1020. The zero-order valence-corrected chi connectivity index (χ0v) is 18.0. The van der Waals surface area contributed by atoms with Gasteiger partial charge >= 0.3 is 0 Å². The number of likely N-dealkylation sites (tertiary alicyclic amines) is 1. The van der Waals surface area contributed by atoms with Crippen molar-refractivity contribution < 1.29 is 22.0 Å². The van der Waals surface area contributed by atoms with Crippen LogP contribution in [0.4, 0.5) is 8.78 Å². The molecule has 1 aromatic heterocycles. The Morgan fingerprint density at radius 3 is 2.67 bits per heavy atom. The number of amides is 1. The van der Waals surface area contributed by atoms with Crippen LogP contribution in [0.15, 0.2) is 29.4 Å². The van der Waals surface area contributed by atoms with Crippen molar-refractivity contribution in [2.24, 2.45) is 0 Å². The third-order valence-corrected chi connectivity index (χ3v) is 8.06. The number of rotatable bonds is 6. The maximum absolute atomic E-state index is 13.0. The van der Waals surface area contributed by atoms with Crippen LogP contribution in [0.3, 0.4) is 0 Å². The smallest absolute Gasteiger partial charge is 0.291 e.